The molecule has 2 aromatic rings. The van der Waals surface area contributed by atoms with Crippen LogP contribution >= 0.6 is 11.6 Å². The summed E-state index contributed by atoms with van der Waals surface area (Å²) in [5.41, 5.74) is 6.31. The number of fused-ring (bicyclic) bond motifs is 1. The number of hydrogen-bond acceptors (Lipinski definition) is 3. The van der Waals surface area contributed by atoms with Crippen LogP contribution in [0.25, 0.3) is 0 Å². The maximum Gasteiger partial charge on any atom is 0.265 e. The second-order valence-corrected chi connectivity index (χ2v) is 11.5. The van der Waals surface area contributed by atoms with Crippen molar-refractivity contribution < 1.29 is 17.5 Å². The average Bonchev–Trinajstić information content (AvgIpc) is 3.04. The number of halogens is 1. The zero-order chi connectivity index (χ0) is 25.1. The summed E-state index contributed by atoms with van der Waals surface area (Å²) in [6.45, 7) is 4.86. The Bertz CT molecular complexity index is 1320. The standard InChI is InChI=1S/C28H31ClN2O3S/c1-28(2)24-14-6-7-15-25(24)31(18-9-19-35(32,33)34)26(28)17-16-21-10-8-11-22(27(21)29)20-30-23-12-4-3-5-13-23/h3-7,12-17,20H,8-11,18-19H2,1-2H3,(H,32,33,34)/p+1. The van der Waals surface area contributed by atoms with E-state index in [1.165, 1.54) is 5.56 Å². The molecule has 4 rings (SSSR count). The molecule has 0 bridgehead atoms. The summed E-state index contributed by atoms with van der Waals surface area (Å²) in [7, 11) is -4.00. The SMILES string of the molecule is CC1(C)C(/C=C/C2=C(Cl)C(=C/Nc3ccccc3)/CCC2)=[N+](CCCS(=O)(=O)O)c2ccccc21. The minimum Gasteiger partial charge on any atom is -0.361 e. The number of nitrogens with zero attached hydrogens (tertiary/aromatic N) is 1. The first kappa shape index (κ1) is 25.4. The van der Waals surface area contributed by atoms with E-state index in [9.17, 15) is 13.0 Å². The summed E-state index contributed by atoms with van der Waals surface area (Å²) in [4.78, 5) is 0. The van der Waals surface area contributed by atoms with Gasteiger partial charge in [-0.15, -0.1) is 0 Å². The summed E-state index contributed by atoms with van der Waals surface area (Å²) in [5.74, 6) is -0.261. The maximum absolute atomic E-state index is 11.3. The number of allylic oxidation sites excluding steroid dienone is 5. The van der Waals surface area contributed by atoms with Crippen LogP contribution < -0.4 is 5.32 Å². The molecular formula is C28H32ClN2O3S+. The van der Waals surface area contributed by atoms with Gasteiger partial charge in [-0.3, -0.25) is 4.55 Å². The average molecular weight is 512 g/mol. The van der Waals surface area contributed by atoms with Gasteiger partial charge in [-0.2, -0.15) is 13.0 Å². The molecule has 1 heterocycles. The quantitative estimate of drug-likeness (QED) is 0.310. The molecular weight excluding hydrogens is 480 g/mol. The summed E-state index contributed by atoms with van der Waals surface area (Å²) in [6, 6.07) is 18.2. The van der Waals surface area contributed by atoms with Gasteiger partial charge in [0.2, 0.25) is 5.69 Å². The molecule has 2 N–H and O–H groups in total. The summed E-state index contributed by atoms with van der Waals surface area (Å²) in [5, 5.41) is 4.12. The Morgan fingerprint density at radius 2 is 1.77 bits per heavy atom. The molecule has 1 aliphatic heterocycles. The van der Waals surface area contributed by atoms with Crippen LogP contribution in [0.2, 0.25) is 0 Å². The fourth-order valence-corrected chi connectivity index (χ4v) is 5.66. The van der Waals surface area contributed by atoms with Crippen LogP contribution in [-0.4, -0.2) is 35.6 Å². The number of para-hydroxylation sites is 2. The minimum atomic E-state index is -4.00. The van der Waals surface area contributed by atoms with Crippen molar-refractivity contribution in [3.63, 3.8) is 0 Å². The van der Waals surface area contributed by atoms with E-state index in [0.29, 0.717) is 13.0 Å². The summed E-state index contributed by atoms with van der Waals surface area (Å²) < 4.78 is 33.9. The van der Waals surface area contributed by atoms with Crippen LogP contribution in [0.5, 0.6) is 0 Å². The molecule has 0 saturated carbocycles. The zero-order valence-electron chi connectivity index (χ0n) is 20.2. The molecule has 2 aromatic carbocycles. The number of hydrogen-bond donors (Lipinski definition) is 2. The molecule has 35 heavy (non-hydrogen) atoms. The van der Waals surface area contributed by atoms with Crippen LogP contribution in [-0.2, 0) is 15.5 Å². The number of nitrogens with one attached hydrogen (secondary N) is 1. The Balaban J connectivity index is 1.64. The van der Waals surface area contributed by atoms with Crippen molar-refractivity contribution in [2.75, 3.05) is 17.6 Å². The van der Waals surface area contributed by atoms with E-state index in [-0.39, 0.29) is 11.2 Å². The van der Waals surface area contributed by atoms with Crippen molar-refractivity contribution in [2.45, 2.75) is 44.9 Å². The maximum atomic E-state index is 11.3. The van der Waals surface area contributed by atoms with E-state index in [1.807, 2.05) is 48.7 Å². The van der Waals surface area contributed by atoms with Crippen LogP contribution in [0.1, 0.15) is 45.1 Å². The van der Waals surface area contributed by atoms with Gasteiger partial charge in [-0.1, -0.05) is 54.1 Å². The van der Waals surface area contributed by atoms with E-state index >= 15 is 0 Å². The predicted octanol–water partition coefficient (Wildman–Crippen LogP) is 6.57. The number of anilines is 1. The molecule has 184 valence electrons. The van der Waals surface area contributed by atoms with Crippen LogP contribution in [0, 0.1) is 0 Å². The third-order valence-electron chi connectivity index (χ3n) is 6.67. The van der Waals surface area contributed by atoms with Crippen molar-refractivity contribution in [1.82, 2.24) is 0 Å². The predicted molar refractivity (Wildman–Crippen MR) is 144 cm³/mol. The first-order chi connectivity index (χ1) is 16.7. The van der Waals surface area contributed by atoms with Crippen LogP contribution in [0.4, 0.5) is 11.4 Å². The van der Waals surface area contributed by atoms with Crippen LogP contribution in [0.3, 0.4) is 0 Å². The molecule has 0 amide bonds. The molecule has 0 aromatic heterocycles. The van der Waals surface area contributed by atoms with Gasteiger partial charge >= 0.3 is 0 Å². The van der Waals surface area contributed by atoms with Gasteiger partial charge in [0.1, 0.15) is 6.54 Å². The highest BCUT2D eigenvalue weighted by molar-refractivity contribution is 7.85. The smallest absolute Gasteiger partial charge is 0.265 e. The van der Waals surface area contributed by atoms with E-state index < -0.39 is 10.1 Å². The van der Waals surface area contributed by atoms with Gasteiger partial charge in [0.25, 0.3) is 10.1 Å². The van der Waals surface area contributed by atoms with E-state index in [1.54, 1.807) is 0 Å². The molecule has 2 aliphatic rings. The van der Waals surface area contributed by atoms with E-state index in [2.05, 4.69) is 48.0 Å². The van der Waals surface area contributed by atoms with Gasteiger partial charge in [0.05, 0.1) is 11.2 Å². The Hall–Kier alpha value is -2.67. The van der Waals surface area contributed by atoms with E-state index in [4.69, 9.17) is 11.6 Å². The van der Waals surface area contributed by atoms with Gasteiger partial charge in [0.15, 0.2) is 5.71 Å². The highest BCUT2D eigenvalue weighted by Crippen LogP contribution is 2.40. The molecule has 0 radical (unpaired) electrons. The molecule has 0 fully saturated rings. The molecule has 0 atom stereocenters. The molecule has 7 heteroatoms. The molecule has 1 aliphatic carbocycles. The lowest BCUT2D eigenvalue weighted by Crippen LogP contribution is -2.28. The lowest BCUT2D eigenvalue weighted by molar-refractivity contribution is -0.437. The molecule has 0 saturated heterocycles. The van der Waals surface area contributed by atoms with Gasteiger partial charge in [-0.25, -0.2) is 0 Å². The first-order valence-corrected chi connectivity index (χ1v) is 13.9. The normalized spacial score (nSPS) is 19.0. The van der Waals surface area contributed by atoms with Crippen LogP contribution in [0.15, 0.2) is 89.1 Å². The summed E-state index contributed by atoms with van der Waals surface area (Å²) >= 11 is 6.83. The molecule has 0 unspecified atom stereocenters. The Labute approximate surface area is 213 Å². The second kappa shape index (κ2) is 10.5. The number of benzene rings is 2. The highest BCUT2D eigenvalue weighted by Gasteiger charge is 2.43. The molecule has 0 spiro atoms. The lowest BCUT2D eigenvalue weighted by atomic mass is 9.81. The third kappa shape index (κ3) is 5.95. The topological polar surface area (TPSA) is 69.4 Å². The van der Waals surface area contributed by atoms with Gasteiger partial charge in [-0.05, 0) is 56.4 Å². The summed E-state index contributed by atoms with van der Waals surface area (Å²) in [6.07, 6.45) is 9.41. The third-order valence-corrected chi connectivity index (χ3v) is 7.96. The van der Waals surface area contributed by atoms with Gasteiger partial charge < -0.3 is 5.32 Å². The Kier molecular flexibility index (Phi) is 7.64. The monoisotopic (exact) mass is 511 g/mol. The van der Waals surface area contributed by atoms with Crippen molar-refractivity contribution in [3.05, 3.63) is 94.7 Å². The zero-order valence-corrected chi connectivity index (χ0v) is 21.7. The fourth-order valence-electron chi connectivity index (χ4n) is 4.86. The first-order valence-electron chi connectivity index (χ1n) is 11.9. The highest BCUT2D eigenvalue weighted by atomic mass is 35.5. The van der Waals surface area contributed by atoms with Crippen molar-refractivity contribution >= 4 is 38.8 Å². The Morgan fingerprint density at radius 3 is 2.51 bits per heavy atom. The van der Waals surface area contributed by atoms with Crippen molar-refractivity contribution in [3.8, 4) is 0 Å². The van der Waals surface area contributed by atoms with E-state index in [0.717, 1.165) is 52.5 Å². The minimum absolute atomic E-state index is 0.250. The van der Waals surface area contributed by atoms with Gasteiger partial charge in [0, 0.05) is 41.0 Å². The molecule has 5 nitrogen and oxygen atoms in total. The fraction of sp³-hybridized carbons (Fsp3) is 0.321. The second-order valence-electron chi connectivity index (χ2n) is 9.52. The van der Waals surface area contributed by atoms with Crippen molar-refractivity contribution in [1.29, 1.82) is 0 Å². The largest absolute Gasteiger partial charge is 0.361 e. The Morgan fingerprint density at radius 1 is 1.06 bits per heavy atom. The lowest BCUT2D eigenvalue weighted by Gasteiger charge is -2.18. The number of rotatable bonds is 8. The van der Waals surface area contributed by atoms with Crippen molar-refractivity contribution in [2.24, 2.45) is 0 Å².